The second-order valence-electron chi connectivity index (χ2n) is 4.44. The molecular formula is C12H13BrF2N2O. The molecule has 1 saturated carbocycles. The number of amides is 1. The Hall–Kier alpha value is -1.01. The highest BCUT2D eigenvalue weighted by Gasteiger charge is 2.30. The Balaban J connectivity index is 2.14. The molecule has 2 atom stereocenters. The molecule has 2 unspecified atom stereocenters. The van der Waals surface area contributed by atoms with Gasteiger partial charge >= 0.3 is 0 Å². The number of carbonyl (C=O) groups excluding carboxylic acids is 1. The molecule has 1 aromatic carbocycles. The number of benzene rings is 1. The molecule has 1 aromatic rings. The predicted molar refractivity (Wildman–Crippen MR) is 68.0 cm³/mol. The summed E-state index contributed by atoms with van der Waals surface area (Å²) >= 11 is 2.87. The van der Waals surface area contributed by atoms with Crippen molar-refractivity contribution in [2.75, 3.05) is 5.32 Å². The molecule has 18 heavy (non-hydrogen) atoms. The van der Waals surface area contributed by atoms with Gasteiger partial charge in [-0.2, -0.15) is 0 Å². The Morgan fingerprint density at radius 3 is 2.67 bits per heavy atom. The van der Waals surface area contributed by atoms with Gasteiger partial charge in [0.15, 0.2) is 0 Å². The number of halogens is 3. The second-order valence-corrected chi connectivity index (χ2v) is 5.29. The van der Waals surface area contributed by atoms with E-state index >= 15 is 0 Å². The first kappa shape index (κ1) is 13.4. The van der Waals surface area contributed by atoms with Crippen LogP contribution in [0.15, 0.2) is 16.6 Å². The average Bonchev–Trinajstić information content (AvgIpc) is 2.72. The molecule has 1 aliphatic carbocycles. The van der Waals surface area contributed by atoms with Gasteiger partial charge in [0.2, 0.25) is 5.91 Å². The first-order chi connectivity index (χ1) is 8.49. The van der Waals surface area contributed by atoms with E-state index in [1.54, 1.807) is 0 Å². The number of rotatable bonds is 2. The van der Waals surface area contributed by atoms with Gasteiger partial charge in [0.1, 0.15) is 11.6 Å². The fourth-order valence-corrected chi connectivity index (χ4v) is 2.47. The van der Waals surface area contributed by atoms with E-state index in [1.165, 1.54) is 0 Å². The zero-order valence-electron chi connectivity index (χ0n) is 9.55. The molecule has 3 nitrogen and oxygen atoms in total. The third-order valence-corrected chi connectivity index (χ3v) is 3.78. The normalized spacial score (nSPS) is 23.1. The highest BCUT2D eigenvalue weighted by Crippen LogP contribution is 2.27. The zero-order valence-corrected chi connectivity index (χ0v) is 11.1. The van der Waals surface area contributed by atoms with Gasteiger partial charge in [0.25, 0.3) is 0 Å². The predicted octanol–water partition coefficient (Wildman–Crippen LogP) is 2.79. The van der Waals surface area contributed by atoms with Crippen LogP contribution in [-0.4, -0.2) is 11.9 Å². The molecule has 0 heterocycles. The van der Waals surface area contributed by atoms with Crippen molar-refractivity contribution in [3.05, 3.63) is 28.2 Å². The van der Waals surface area contributed by atoms with Crippen molar-refractivity contribution in [2.45, 2.75) is 25.3 Å². The zero-order chi connectivity index (χ0) is 13.3. The van der Waals surface area contributed by atoms with Crippen LogP contribution in [0.25, 0.3) is 0 Å². The van der Waals surface area contributed by atoms with E-state index in [1.807, 2.05) is 0 Å². The SMILES string of the molecule is NC1CCCC1C(=O)Nc1cc(F)c(Br)cc1F. The third kappa shape index (κ3) is 2.70. The largest absolute Gasteiger partial charge is 0.327 e. The quantitative estimate of drug-likeness (QED) is 0.824. The van der Waals surface area contributed by atoms with Gasteiger partial charge in [-0.1, -0.05) is 6.42 Å². The minimum Gasteiger partial charge on any atom is -0.327 e. The highest BCUT2D eigenvalue weighted by molar-refractivity contribution is 9.10. The molecule has 0 radical (unpaired) electrons. The summed E-state index contributed by atoms with van der Waals surface area (Å²) in [6.45, 7) is 0. The first-order valence-electron chi connectivity index (χ1n) is 5.70. The van der Waals surface area contributed by atoms with E-state index in [2.05, 4.69) is 21.2 Å². The number of nitrogens with one attached hydrogen (secondary N) is 1. The summed E-state index contributed by atoms with van der Waals surface area (Å²) < 4.78 is 26.8. The second kappa shape index (κ2) is 5.32. The van der Waals surface area contributed by atoms with Crippen LogP contribution in [0.3, 0.4) is 0 Å². The van der Waals surface area contributed by atoms with Gasteiger partial charge < -0.3 is 11.1 Å². The summed E-state index contributed by atoms with van der Waals surface area (Å²) in [6.07, 6.45) is 2.36. The first-order valence-corrected chi connectivity index (χ1v) is 6.49. The number of nitrogens with two attached hydrogens (primary N) is 1. The molecule has 2 rings (SSSR count). The van der Waals surface area contributed by atoms with Crippen molar-refractivity contribution < 1.29 is 13.6 Å². The van der Waals surface area contributed by atoms with E-state index in [0.29, 0.717) is 6.42 Å². The molecule has 0 aromatic heterocycles. The van der Waals surface area contributed by atoms with E-state index in [0.717, 1.165) is 25.0 Å². The fraction of sp³-hybridized carbons (Fsp3) is 0.417. The highest BCUT2D eigenvalue weighted by atomic mass is 79.9. The lowest BCUT2D eigenvalue weighted by atomic mass is 10.0. The van der Waals surface area contributed by atoms with Crippen LogP contribution < -0.4 is 11.1 Å². The summed E-state index contributed by atoms with van der Waals surface area (Å²) in [4.78, 5) is 11.9. The topological polar surface area (TPSA) is 55.1 Å². The number of anilines is 1. The maximum atomic E-state index is 13.5. The van der Waals surface area contributed by atoms with Gasteiger partial charge in [-0.25, -0.2) is 8.78 Å². The Kier molecular flexibility index (Phi) is 3.97. The van der Waals surface area contributed by atoms with Gasteiger partial charge in [-0.15, -0.1) is 0 Å². The van der Waals surface area contributed by atoms with Gasteiger partial charge in [-0.3, -0.25) is 4.79 Å². The van der Waals surface area contributed by atoms with Crippen LogP contribution in [0.1, 0.15) is 19.3 Å². The van der Waals surface area contributed by atoms with Crippen LogP contribution in [0, 0.1) is 17.6 Å². The maximum Gasteiger partial charge on any atom is 0.229 e. The summed E-state index contributed by atoms with van der Waals surface area (Å²) in [7, 11) is 0. The Labute approximate surface area is 112 Å². The Bertz CT molecular complexity index is 481. The van der Waals surface area contributed by atoms with Crippen LogP contribution in [0.2, 0.25) is 0 Å². The molecule has 1 amide bonds. The van der Waals surface area contributed by atoms with Crippen molar-refractivity contribution in [2.24, 2.45) is 11.7 Å². The standard InChI is InChI=1S/C12H13BrF2N2O/c13-7-4-9(15)11(5-8(7)14)17-12(18)6-2-1-3-10(6)16/h4-6,10H,1-3,16H2,(H,17,18). The number of carbonyl (C=O) groups is 1. The minimum absolute atomic E-state index is 0.0237. The van der Waals surface area contributed by atoms with Crippen molar-refractivity contribution in [1.82, 2.24) is 0 Å². The molecule has 0 saturated heterocycles. The molecular weight excluding hydrogens is 306 g/mol. The fourth-order valence-electron chi connectivity index (χ4n) is 2.16. The Morgan fingerprint density at radius 2 is 2.06 bits per heavy atom. The minimum atomic E-state index is -0.678. The maximum absolute atomic E-state index is 13.5. The molecule has 0 bridgehead atoms. The van der Waals surface area contributed by atoms with Gasteiger partial charge in [-0.05, 0) is 34.8 Å². The lowest BCUT2D eigenvalue weighted by Crippen LogP contribution is -2.34. The molecule has 98 valence electrons. The van der Waals surface area contributed by atoms with Gasteiger partial charge in [0, 0.05) is 12.1 Å². The lowest BCUT2D eigenvalue weighted by molar-refractivity contribution is -0.120. The summed E-state index contributed by atoms with van der Waals surface area (Å²) in [5.74, 6) is -1.97. The summed E-state index contributed by atoms with van der Waals surface area (Å²) in [5, 5.41) is 2.40. The van der Waals surface area contributed by atoms with Crippen molar-refractivity contribution in [3.63, 3.8) is 0 Å². The lowest BCUT2D eigenvalue weighted by Gasteiger charge is -2.15. The number of hydrogen-bond donors (Lipinski definition) is 2. The van der Waals surface area contributed by atoms with E-state index < -0.39 is 11.6 Å². The molecule has 3 N–H and O–H groups in total. The molecule has 0 spiro atoms. The summed E-state index contributed by atoms with van der Waals surface area (Å²) in [6, 6.07) is 1.74. The molecule has 1 fully saturated rings. The molecule has 1 aliphatic rings. The monoisotopic (exact) mass is 318 g/mol. The average molecular weight is 319 g/mol. The van der Waals surface area contributed by atoms with Crippen LogP contribution in [-0.2, 0) is 4.79 Å². The van der Waals surface area contributed by atoms with Crippen LogP contribution in [0.5, 0.6) is 0 Å². The van der Waals surface area contributed by atoms with Crippen LogP contribution >= 0.6 is 15.9 Å². The smallest absolute Gasteiger partial charge is 0.229 e. The number of hydrogen-bond acceptors (Lipinski definition) is 2. The summed E-state index contributed by atoms with van der Waals surface area (Å²) in [5.41, 5.74) is 5.64. The molecule has 0 aliphatic heterocycles. The van der Waals surface area contributed by atoms with Crippen molar-refractivity contribution in [3.8, 4) is 0 Å². The van der Waals surface area contributed by atoms with E-state index in [9.17, 15) is 13.6 Å². The van der Waals surface area contributed by atoms with E-state index in [4.69, 9.17) is 5.73 Å². The van der Waals surface area contributed by atoms with Crippen molar-refractivity contribution in [1.29, 1.82) is 0 Å². The molecule has 6 heteroatoms. The van der Waals surface area contributed by atoms with Crippen molar-refractivity contribution >= 4 is 27.5 Å². The van der Waals surface area contributed by atoms with Gasteiger partial charge in [0.05, 0.1) is 16.1 Å². The van der Waals surface area contributed by atoms with Crippen LogP contribution in [0.4, 0.5) is 14.5 Å². The third-order valence-electron chi connectivity index (χ3n) is 3.17. The van der Waals surface area contributed by atoms with E-state index in [-0.39, 0.29) is 28.0 Å². The Morgan fingerprint density at radius 1 is 1.33 bits per heavy atom.